The van der Waals surface area contributed by atoms with Crippen molar-refractivity contribution in [2.24, 2.45) is 29.6 Å². The van der Waals surface area contributed by atoms with Gasteiger partial charge in [-0.2, -0.15) is 0 Å². The smallest absolute Gasteiger partial charge is 0.306 e. The summed E-state index contributed by atoms with van der Waals surface area (Å²) in [6.45, 7) is 4.57. The molecule has 186 valence electrons. The zero-order valence-electron chi connectivity index (χ0n) is 21.6. The number of esters is 1. The Labute approximate surface area is 200 Å². The minimum absolute atomic E-state index is 0.0647. The molecule has 0 amide bonds. The van der Waals surface area contributed by atoms with Gasteiger partial charge in [0.2, 0.25) is 0 Å². The normalized spacial score (nSPS) is 33.7. The van der Waals surface area contributed by atoms with Gasteiger partial charge in [-0.15, -0.1) is 0 Å². The maximum absolute atomic E-state index is 12.2. The number of carbonyl (C=O) groups is 1. The van der Waals surface area contributed by atoms with E-state index in [0.29, 0.717) is 6.42 Å². The average molecular weight is 447 g/mol. The molecule has 0 unspecified atom stereocenters. The Bertz CT molecular complexity index is 491. The third kappa shape index (κ3) is 8.68. The van der Waals surface area contributed by atoms with Crippen molar-refractivity contribution in [3.05, 3.63) is 0 Å². The summed E-state index contributed by atoms with van der Waals surface area (Å²) in [5.74, 6) is 5.06. The van der Waals surface area contributed by atoms with Crippen molar-refractivity contribution in [1.82, 2.24) is 0 Å². The summed E-state index contributed by atoms with van der Waals surface area (Å²) >= 11 is 0. The molecule has 3 fully saturated rings. The summed E-state index contributed by atoms with van der Waals surface area (Å²) in [6, 6.07) is 0. The van der Waals surface area contributed by atoms with Crippen LogP contribution in [-0.2, 0) is 9.53 Å². The third-order valence-electron chi connectivity index (χ3n) is 9.51. The van der Waals surface area contributed by atoms with E-state index in [1.807, 2.05) is 0 Å². The third-order valence-corrected chi connectivity index (χ3v) is 9.51. The Kier molecular flexibility index (Phi) is 12.0. The van der Waals surface area contributed by atoms with Crippen LogP contribution in [0, 0.1) is 29.6 Å². The van der Waals surface area contributed by atoms with Crippen LogP contribution in [-0.4, -0.2) is 12.1 Å². The molecule has 0 aromatic carbocycles. The summed E-state index contributed by atoms with van der Waals surface area (Å²) < 4.78 is 5.82. The molecule has 0 heterocycles. The maximum Gasteiger partial charge on any atom is 0.306 e. The lowest BCUT2D eigenvalue weighted by atomic mass is 9.65. The lowest BCUT2D eigenvalue weighted by Gasteiger charge is -2.41. The van der Waals surface area contributed by atoms with Crippen LogP contribution in [0.25, 0.3) is 0 Å². The quantitative estimate of drug-likeness (QED) is 0.220. The average Bonchev–Trinajstić information content (AvgIpc) is 2.83. The summed E-state index contributed by atoms with van der Waals surface area (Å²) in [5, 5.41) is 0. The van der Waals surface area contributed by atoms with E-state index in [9.17, 15) is 4.79 Å². The highest BCUT2D eigenvalue weighted by atomic mass is 16.5. The van der Waals surface area contributed by atoms with Crippen LogP contribution >= 0.6 is 0 Å². The highest BCUT2D eigenvalue weighted by Gasteiger charge is 2.35. The molecule has 0 N–H and O–H groups in total. The van der Waals surface area contributed by atoms with E-state index in [0.717, 1.165) is 48.9 Å². The maximum atomic E-state index is 12.2. The highest BCUT2D eigenvalue weighted by molar-refractivity contribution is 5.69. The second-order valence-corrected chi connectivity index (χ2v) is 11.8. The molecule has 0 saturated heterocycles. The summed E-state index contributed by atoms with van der Waals surface area (Å²) in [5.41, 5.74) is 0. The predicted molar refractivity (Wildman–Crippen MR) is 136 cm³/mol. The van der Waals surface area contributed by atoms with Gasteiger partial charge in [0.25, 0.3) is 0 Å². The van der Waals surface area contributed by atoms with E-state index in [-0.39, 0.29) is 12.1 Å². The number of ether oxygens (including phenoxy) is 1. The standard InChI is InChI=1S/C30H54O2/c1-3-5-7-8-9-11-30(31)32-29-22-20-28(21-23-29)27-18-16-26(17-19-27)25-14-12-24(13-15-25)10-6-4-2/h24-29H,3-23H2,1-2H3. The van der Waals surface area contributed by atoms with Crippen molar-refractivity contribution < 1.29 is 9.53 Å². The van der Waals surface area contributed by atoms with E-state index in [1.54, 1.807) is 0 Å². The van der Waals surface area contributed by atoms with Gasteiger partial charge >= 0.3 is 5.97 Å². The van der Waals surface area contributed by atoms with Gasteiger partial charge in [0.15, 0.2) is 0 Å². The van der Waals surface area contributed by atoms with Crippen molar-refractivity contribution in [3.63, 3.8) is 0 Å². The van der Waals surface area contributed by atoms with Crippen molar-refractivity contribution in [3.8, 4) is 0 Å². The van der Waals surface area contributed by atoms with Crippen LogP contribution in [0.5, 0.6) is 0 Å². The molecule has 3 saturated carbocycles. The largest absolute Gasteiger partial charge is 0.462 e. The zero-order chi connectivity index (χ0) is 22.6. The van der Waals surface area contributed by atoms with Crippen molar-refractivity contribution in [2.75, 3.05) is 0 Å². The van der Waals surface area contributed by atoms with Gasteiger partial charge in [0.05, 0.1) is 0 Å². The topological polar surface area (TPSA) is 26.3 Å². The van der Waals surface area contributed by atoms with Gasteiger partial charge in [0.1, 0.15) is 6.10 Å². The molecule has 3 aliphatic carbocycles. The van der Waals surface area contributed by atoms with Crippen LogP contribution in [0.4, 0.5) is 0 Å². The molecule has 2 nitrogen and oxygen atoms in total. The first kappa shape index (κ1) is 26.1. The molecule has 32 heavy (non-hydrogen) atoms. The SMILES string of the molecule is CCCCCCCC(=O)OC1CCC(C2CCC(C3CCC(CCCC)CC3)CC2)CC1. The Morgan fingerprint density at radius 2 is 1.06 bits per heavy atom. The number of hydrogen-bond acceptors (Lipinski definition) is 2. The molecule has 3 aliphatic rings. The molecular formula is C30H54O2. The Morgan fingerprint density at radius 3 is 1.59 bits per heavy atom. The van der Waals surface area contributed by atoms with Gasteiger partial charge in [-0.3, -0.25) is 4.79 Å². The van der Waals surface area contributed by atoms with Gasteiger partial charge in [-0.25, -0.2) is 0 Å². The van der Waals surface area contributed by atoms with E-state index in [2.05, 4.69) is 13.8 Å². The van der Waals surface area contributed by atoms with E-state index in [1.165, 1.54) is 109 Å². The molecule has 0 aromatic heterocycles. The van der Waals surface area contributed by atoms with Crippen LogP contribution in [0.1, 0.15) is 149 Å². The predicted octanol–water partition coefficient (Wildman–Crippen LogP) is 9.25. The number of carbonyl (C=O) groups excluding carboxylic acids is 1. The Morgan fingerprint density at radius 1 is 0.594 bits per heavy atom. The summed E-state index contributed by atoms with van der Waals surface area (Å²) in [4.78, 5) is 12.2. The second kappa shape index (κ2) is 14.7. The molecule has 3 rings (SSSR count). The van der Waals surface area contributed by atoms with E-state index in [4.69, 9.17) is 4.74 Å². The molecule has 0 radical (unpaired) electrons. The number of unbranched alkanes of at least 4 members (excludes halogenated alkanes) is 5. The lowest BCUT2D eigenvalue weighted by molar-refractivity contribution is -0.151. The van der Waals surface area contributed by atoms with Gasteiger partial charge in [0, 0.05) is 6.42 Å². The van der Waals surface area contributed by atoms with Crippen molar-refractivity contribution in [2.45, 2.75) is 155 Å². The van der Waals surface area contributed by atoms with E-state index >= 15 is 0 Å². The first-order chi connectivity index (χ1) is 15.7. The van der Waals surface area contributed by atoms with Crippen LogP contribution in [0.3, 0.4) is 0 Å². The van der Waals surface area contributed by atoms with Crippen molar-refractivity contribution >= 4 is 5.97 Å². The number of rotatable bonds is 12. The monoisotopic (exact) mass is 446 g/mol. The highest BCUT2D eigenvalue weighted by Crippen LogP contribution is 2.46. The summed E-state index contributed by atoms with van der Waals surface area (Å²) in [6.07, 6.45) is 28.1. The van der Waals surface area contributed by atoms with Gasteiger partial charge < -0.3 is 4.74 Å². The summed E-state index contributed by atoms with van der Waals surface area (Å²) in [7, 11) is 0. The molecule has 2 heteroatoms. The molecule has 0 aliphatic heterocycles. The molecule has 0 aromatic rings. The Hall–Kier alpha value is -0.530. The molecule has 0 spiro atoms. The molecule has 0 bridgehead atoms. The number of hydrogen-bond donors (Lipinski definition) is 0. The Balaban J connectivity index is 1.26. The van der Waals surface area contributed by atoms with E-state index < -0.39 is 0 Å². The first-order valence-corrected chi connectivity index (χ1v) is 14.9. The van der Waals surface area contributed by atoms with Crippen LogP contribution < -0.4 is 0 Å². The molecule has 0 atom stereocenters. The van der Waals surface area contributed by atoms with Crippen LogP contribution in [0.15, 0.2) is 0 Å². The minimum Gasteiger partial charge on any atom is -0.462 e. The van der Waals surface area contributed by atoms with Crippen LogP contribution in [0.2, 0.25) is 0 Å². The fraction of sp³-hybridized carbons (Fsp3) is 0.967. The minimum atomic E-state index is 0.0647. The first-order valence-electron chi connectivity index (χ1n) is 14.9. The second-order valence-electron chi connectivity index (χ2n) is 11.8. The molecular weight excluding hydrogens is 392 g/mol. The fourth-order valence-corrected chi connectivity index (χ4v) is 7.32. The van der Waals surface area contributed by atoms with Gasteiger partial charge in [-0.1, -0.05) is 71.6 Å². The lowest BCUT2D eigenvalue weighted by Crippen LogP contribution is -2.31. The van der Waals surface area contributed by atoms with Crippen molar-refractivity contribution in [1.29, 1.82) is 0 Å². The fourth-order valence-electron chi connectivity index (χ4n) is 7.32. The zero-order valence-corrected chi connectivity index (χ0v) is 21.6. The van der Waals surface area contributed by atoms with Gasteiger partial charge in [-0.05, 0) is 100 Å².